The highest BCUT2D eigenvalue weighted by Gasteiger charge is 2.25. The highest BCUT2D eigenvalue weighted by Crippen LogP contribution is 2.36. The van der Waals surface area contributed by atoms with Gasteiger partial charge in [0.25, 0.3) is 10.0 Å². The maximum Gasteiger partial charge on any atom is 0.269 e. The smallest absolute Gasteiger partial charge is 0.269 e. The zero-order valence-corrected chi connectivity index (χ0v) is 35.1. The Bertz CT molecular complexity index is 3020. The Balaban J connectivity index is 0.000000172. The fourth-order valence-electron chi connectivity index (χ4n) is 6.50. The van der Waals surface area contributed by atoms with Crippen molar-refractivity contribution in [3.05, 3.63) is 125 Å². The van der Waals surface area contributed by atoms with E-state index in [4.69, 9.17) is 18.9 Å². The van der Waals surface area contributed by atoms with E-state index in [0.29, 0.717) is 59.8 Å². The molecule has 0 amide bonds. The van der Waals surface area contributed by atoms with Crippen molar-refractivity contribution >= 4 is 76.5 Å². The summed E-state index contributed by atoms with van der Waals surface area (Å²) in [5.74, 6) is 1.28. The first-order chi connectivity index (χ1) is 28.8. The molecule has 0 fully saturated rings. The van der Waals surface area contributed by atoms with Crippen LogP contribution >= 0.6 is 22.6 Å². The van der Waals surface area contributed by atoms with Crippen molar-refractivity contribution in [1.82, 2.24) is 38.9 Å². The number of rotatable bonds is 12. The lowest BCUT2D eigenvalue weighted by atomic mass is 10.1. The van der Waals surface area contributed by atoms with Crippen molar-refractivity contribution in [1.29, 1.82) is 0 Å². The Kier molecular flexibility index (Phi) is 11.7. The number of benzene rings is 1. The van der Waals surface area contributed by atoms with E-state index < -0.39 is 10.0 Å². The van der Waals surface area contributed by atoms with E-state index in [9.17, 15) is 8.42 Å². The quantitative estimate of drug-likeness (QED) is 0.0927. The van der Waals surface area contributed by atoms with Crippen LogP contribution in [0.2, 0.25) is 0 Å². The number of nitrogens with one attached hydrogen (secondary N) is 1. The topological polar surface area (TPSA) is 169 Å². The molecule has 0 saturated carbocycles. The van der Waals surface area contributed by atoms with Gasteiger partial charge in [0.1, 0.15) is 24.6 Å². The van der Waals surface area contributed by atoms with Gasteiger partial charge in [0.15, 0.2) is 11.4 Å². The minimum absolute atomic E-state index is 0.176. The average molecular weight is 921 g/mol. The van der Waals surface area contributed by atoms with E-state index in [1.165, 1.54) is 10.2 Å². The van der Waals surface area contributed by atoms with Crippen molar-refractivity contribution < 1.29 is 27.4 Å². The summed E-state index contributed by atoms with van der Waals surface area (Å²) in [7, 11) is -0.682. The number of aromatic amines is 1. The molecule has 298 valence electrons. The lowest BCUT2D eigenvalue weighted by Gasteiger charge is -2.09. The molecule has 14 nitrogen and oxygen atoms in total. The fraction of sp³-hybridized carbons (Fsp3) is 0.163. The minimum Gasteiger partial charge on any atom is -0.490 e. The molecule has 1 aromatic carbocycles. The van der Waals surface area contributed by atoms with E-state index in [1.807, 2.05) is 49.6 Å². The number of fused-ring (bicyclic) bond motifs is 6. The highest BCUT2D eigenvalue weighted by atomic mass is 127. The molecule has 0 bridgehead atoms. The number of hydrogen-bond acceptors (Lipinski definition) is 12. The van der Waals surface area contributed by atoms with Crippen LogP contribution in [0.15, 0.2) is 121 Å². The monoisotopic (exact) mass is 920 g/mol. The first-order valence-corrected chi connectivity index (χ1v) is 20.9. The Labute approximate surface area is 352 Å². The molecule has 1 N–H and O–H groups in total. The van der Waals surface area contributed by atoms with Crippen LogP contribution in [0, 0.1) is 10.5 Å². The predicted molar refractivity (Wildman–Crippen MR) is 234 cm³/mol. The summed E-state index contributed by atoms with van der Waals surface area (Å²) in [6.45, 7) is 3.72. The summed E-state index contributed by atoms with van der Waals surface area (Å²) in [4.78, 5) is 29.9. The van der Waals surface area contributed by atoms with Gasteiger partial charge in [-0.1, -0.05) is 17.7 Å². The van der Waals surface area contributed by atoms with Gasteiger partial charge in [0.05, 0.1) is 68.9 Å². The van der Waals surface area contributed by atoms with E-state index in [-0.39, 0.29) is 4.90 Å². The molecule has 59 heavy (non-hydrogen) atoms. The van der Waals surface area contributed by atoms with Crippen molar-refractivity contribution in [2.45, 2.75) is 11.8 Å². The van der Waals surface area contributed by atoms with Crippen molar-refractivity contribution in [3.8, 4) is 34.0 Å². The van der Waals surface area contributed by atoms with Gasteiger partial charge in [-0.05, 0) is 84.1 Å². The molecule has 0 aliphatic carbocycles. The van der Waals surface area contributed by atoms with Crippen LogP contribution in [0.3, 0.4) is 0 Å². The molecule has 0 atom stereocenters. The number of H-pyrrole nitrogens is 1. The molecule has 0 unspecified atom stereocenters. The summed E-state index contributed by atoms with van der Waals surface area (Å²) in [6, 6.07) is 20.1. The molecule has 0 aliphatic rings. The standard InChI is InChI=1S/C25H22N4O4S.C18H15IN4O2/c1-17-5-7-20(8-6-17)34(30,31)29-24-16-27-23(18-4-3-9-26-14-18)13-21(24)22-12-19(15-28-25(22)29)33-11-10-32-2;1-24-5-6-25-15-10-22-18-16(17(15)19)12-7-13(21-9-14(12)23-18)11-3-2-4-20-8-11/h3-9,12-16H,10-11H2,1-2H3;2-4,7-10H,5-6H2,1H3,(H,22,23). The zero-order valence-electron chi connectivity index (χ0n) is 32.2. The van der Waals surface area contributed by atoms with Gasteiger partial charge in [0.2, 0.25) is 0 Å². The predicted octanol–water partition coefficient (Wildman–Crippen LogP) is 8.02. The third-order valence-corrected chi connectivity index (χ3v) is 12.2. The fourth-order valence-corrected chi connectivity index (χ4v) is 8.81. The maximum absolute atomic E-state index is 13.7. The lowest BCUT2D eigenvalue weighted by Crippen LogP contribution is -2.13. The molecule has 0 saturated heterocycles. The van der Waals surface area contributed by atoms with Gasteiger partial charge in [-0.15, -0.1) is 0 Å². The summed E-state index contributed by atoms with van der Waals surface area (Å²) >= 11 is 2.30. The molecule has 9 rings (SSSR count). The van der Waals surface area contributed by atoms with Gasteiger partial charge < -0.3 is 23.9 Å². The van der Waals surface area contributed by atoms with E-state index >= 15 is 0 Å². The molecule has 0 spiro atoms. The third-order valence-electron chi connectivity index (χ3n) is 9.41. The van der Waals surface area contributed by atoms with Crippen LogP contribution in [-0.4, -0.2) is 87.9 Å². The van der Waals surface area contributed by atoms with Crippen LogP contribution in [-0.2, 0) is 19.5 Å². The first-order valence-electron chi connectivity index (χ1n) is 18.4. The number of pyridine rings is 6. The molecular weight excluding hydrogens is 883 g/mol. The number of halogens is 1. The first kappa shape index (κ1) is 39.7. The second kappa shape index (κ2) is 17.4. The molecular formula is C43H37IN8O6S. The normalized spacial score (nSPS) is 11.6. The Morgan fingerprint density at radius 1 is 0.695 bits per heavy atom. The van der Waals surface area contributed by atoms with E-state index in [1.54, 1.807) is 75.5 Å². The molecule has 9 aromatic rings. The number of aromatic nitrogens is 8. The molecule has 0 aliphatic heterocycles. The second-order valence-electron chi connectivity index (χ2n) is 13.3. The number of methoxy groups -OCH3 is 2. The van der Waals surface area contributed by atoms with Crippen LogP contribution in [0.4, 0.5) is 0 Å². The van der Waals surface area contributed by atoms with Gasteiger partial charge in [0, 0.05) is 71.7 Å². The third kappa shape index (κ3) is 8.16. The van der Waals surface area contributed by atoms with Gasteiger partial charge >= 0.3 is 0 Å². The lowest BCUT2D eigenvalue weighted by molar-refractivity contribution is 0.146. The highest BCUT2D eigenvalue weighted by molar-refractivity contribution is 14.1. The summed E-state index contributed by atoms with van der Waals surface area (Å²) in [5, 5.41) is 3.45. The Morgan fingerprint density at radius 2 is 1.36 bits per heavy atom. The molecule has 8 heterocycles. The minimum atomic E-state index is -3.94. The van der Waals surface area contributed by atoms with Crippen LogP contribution in [0.5, 0.6) is 11.5 Å². The average Bonchev–Trinajstić information content (AvgIpc) is 3.81. The van der Waals surface area contributed by atoms with Crippen molar-refractivity contribution in [2.75, 3.05) is 40.6 Å². The SMILES string of the molecule is COCCOc1cnc2[nH]c3cnc(-c4cccnc4)cc3c2c1I.COCCOc1cnc2c(c1)c1cc(-c3cccnc3)ncc1n2S(=O)(=O)c1ccc(C)cc1. The van der Waals surface area contributed by atoms with Gasteiger partial charge in [-0.3, -0.25) is 19.9 Å². The molecule has 0 radical (unpaired) electrons. The Morgan fingerprint density at radius 3 is 2.02 bits per heavy atom. The van der Waals surface area contributed by atoms with Crippen LogP contribution in [0.1, 0.15) is 5.56 Å². The summed E-state index contributed by atoms with van der Waals surface area (Å²) < 4.78 is 51.3. The van der Waals surface area contributed by atoms with Crippen LogP contribution in [0.25, 0.3) is 66.4 Å². The second-order valence-corrected chi connectivity index (χ2v) is 16.1. The largest absolute Gasteiger partial charge is 0.490 e. The van der Waals surface area contributed by atoms with Gasteiger partial charge in [-0.2, -0.15) is 0 Å². The number of hydrogen-bond donors (Lipinski definition) is 1. The summed E-state index contributed by atoms with van der Waals surface area (Å²) in [6.07, 6.45) is 13.6. The van der Waals surface area contributed by atoms with E-state index in [2.05, 4.69) is 63.5 Å². The van der Waals surface area contributed by atoms with Crippen molar-refractivity contribution in [2.24, 2.45) is 0 Å². The molecule has 16 heteroatoms. The Hall–Kier alpha value is -6.08. The van der Waals surface area contributed by atoms with Crippen molar-refractivity contribution in [3.63, 3.8) is 0 Å². The number of aryl methyl sites for hydroxylation is 1. The number of nitrogens with zero attached hydrogens (tertiary/aromatic N) is 7. The van der Waals surface area contributed by atoms with Gasteiger partial charge in [-0.25, -0.2) is 22.4 Å². The summed E-state index contributed by atoms with van der Waals surface area (Å²) in [5.41, 5.74) is 6.85. The maximum atomic E-state index is 13.7. The molecule has 8 aromatic heterocycles. The van der Waals surface area contributed by atoms with E-state index in [0.717, 1.165) is 53.6 Å². The van der Waals surface area contributed by atoms with Crippen LogP contribution < -0.4 is 9.47 Å². The zero-order chi connectivity index (χ0) is 40.9. The number of ether oxygens (including phenoxy) is 4.